The van der Waals surface area contributed by atoms with E-state index in [-0.39, 0.29) is 23.4 Å². The van der Waals surface area contributed by atoms with Crippen molar-refractivity contribution < 1.29 is 14.7 Å². The van der Waals surface area contributed by atoms with E-state index < -0.39 is 6.09 Å². The molecule has 8 nitrogen and oxygen atoms in total. The standard InChI is InChI=1S/C18H20N4O4/c1-9-4-13(10(2)23)15-14(5-9)16(24)20(3)17(19-15)21-7-12-6-11(21)8-22(12)18(25)26/h4-5,11-12H,6-8H2,1-3H3,(H,25,26). The number of anilines is 1. The number of fused-ring (bicyclic) bond motifs is 3. The minimum absolute atomic E-state index is 0.00197. The number of hydrogen-bond donors (Lipinski definition) is 1. The van der Waals surface area contributed by atoms with Crippen LogP contribution in [0.25, 0.3) is 10.9 Å². The summed E-state index contributed by atoms with van der Waals surface area (Å²) in [5, 5.41) is 9.68. The van der Waals surface area contributed by atoms with Gasteiger partial charge in [0.1, 0.15) is 0 Å². The van der Waals surface area contributed by atoms with Crippen LogP contribution in [0.15, 0.2) is 16.9 Å². The summed E-state index contributed by atoms with van der Waals surface area (Å²) in [7, 11) is 1.67. The van der Waals surface area contributed by atoms with Gasteiger partial charge >= 0.3 is 6.09 Å². The van der Waals surface area contributed by atoms with Crippen LogP contribution in [0.4, 0.5) is 10.7 Å². The zero-order valence-electron chi connectivity index (χ0n) is 14.9. The number of piperazine rings is 1. The van der Waals surface area contributed by atoms with E-state index in [2.05, 4.69) is 4.98 Å². The minimum Gasteiger partial charge on any atom is -0.465 e. The molecule has 136 valence electrons. The molecule has 2 aliphatic heterocycles. The molecule has 4 rings (SSSR count). The molecule has 2 saturated heterocycles. The Kier molecular flexibility index (Phi) is 3.54. The molecule has 3 heterocycles. The Morgan fingerprint density at radius 2 is 1.96 bits per heavy atom. The van der Waals surface area contributed by atoms with Gasteiger partial charge in [-0.05, 0) is 38.0 Å². The van der Waals surface area contributed by atoms with Crippen LogP contribution in [0.1, 0.15) is 29.3 Å². The first-order valence-electron chi connectivity index (χ1n) is 8.56. The Morgan fingerprint density at radius 1 is 1.23 bits per heavy atom. The number of nitrogens with zero attached hydrogens (tertiary/aromatic N) is 4. The first-order valence-corrected chi connectivity index (χ1v) is 8.56. The number of rotatable bonds is 2. The second-order valence-electron chi connectivity index (χ2n) is 7.17. The van der Waals surface area contributed by atoms with Gasteiger partial charge in [-0.2, -0.15) is 0 Å². The molecule has 26 heavy (non-hydrogen) atoms. The van der Waals surface area contributed by atoms with Crippen molar-refractivity contribution in [3.63, 3.8) is 0 Å². The Hall–Kier alpha value is -2.90. The molecule has 2 aliphatic rings. The van der Waals surface area contributed by atoms with Gasteiger partial charge in [-0.1, -0.05) is 0 Å². The number of likely N-dealkylation sites (tertiary alicyclic amines) is 1. The number of carbonyl (C=O) groups excluding carboxylic acids is 1. The van der Waals surface area contributed by atoms with Crippen molar-refractivity contribution >= 4 is 28.7 Å². The number of carbonyl (C=O) groups is 2. The lowest BCUT2D eigenvalue weighted by Gasteiger charge is -2.34. The van der Waals surface area contributed by atoms with E-state index in [9.17, 15) is 19.5 Å². The SMILES string of the molecule is CC(=O)c1cc(C)cc2c(=O)n(C)c(N3CC4CC3CN4C(=O)O)nc12. The van der Waals surface area contributed by atoms with Crippen molar-refractivity contribution in [3.8, 4) is 0 Å². The summed E-state index contributed by atoms with van der Waals surface area (Å²) in [6.45, 7) is 4.22. The molecule has 1 amide bonds. The highest BCUT2D eigenvalue weighted by molar-refractivity contribution is 6.05. The lowest BCUT2D eigenvalue weighted by molar-refractivity contribution is 0.101. The Balaban J connectivity index is 1.85. The zero-order chi connectivity index (χ0) is 18.7. The van der Waals surface area contributed by atoms with Crippen LogP contribution in [0, 0.1) is 6.92 Å². The number of aryl methyl sites for hydroxylation is 1. The van der Waals surface area contributed by atoms with E-state index >= 15 is 0 Å². The van der Waals surface area contributed by atoms with Crippen LogP contribution < -0.4 is 10.5 Å². The van der Waals surface area contributed by atoms with Gasteiger partial charge in [-0.3, -0.25) is 14.2 Å². The second kappa shape index (κ2) is 5.55. The predicted octanol–water partition coefficient (Wildman–Crippen LogP) is 1.39. The summed E-state index contributed by atoms with van der Waals surface area (Å²) in [5.41, 5.74) is 1.50. The van der Waals surface area contributed by atoms with Gasteiger partial charge in [-0.25, -0.2) is 9.78 Å². The highest BCUT2D eigenvalue weighted by Gasteiger charge is 2.46. The molecular formula is C18H20N4O4. The number of aromatic nitrogens is 2. The van der Waals surface area contributed by atoms with Crippen LogP contribution in [-0.4, -0.2) is 56.6 Å². The van der Waals surface area contributed by atoms with E-state index in [1.165, 1.54) is 16.4 Å². The fourth-order valence-corrected chi connectivity index (χ4v) is 4.18. The topological polar surface area (TPSA) is 95.7 Å². The quantitative estimate of drug-likeness (QED) is 0.817. The third-order valence-electron chi connectivity index (χ3n) is 5.42. The van der Waals surface area contributed by atoms with Gasteiger partial charge in [0.25, 0.3) is 5.56 Å². The van der Waals surface area contributed by atoms with Crippen molar-refractivity contribution in [3.05, 3.63) is 33.6 Å². The molecule has 1 aromatic carbocycles. The number of benzene rings is 1. The van der Waals surface area contributed by atoms with Crippen molar-refractivity contribution in [2.75, 3.05) is 18.0 Å². The van der Waals surface area contributed by atoms with Gasteiger partial charge in [0.15, 0.2) is 5.78 Å². The summed E-state index contributed by atoms with van der Waals surface area (Å²) in [6.07, 6.45) is -0.180. The van der Waals surface area contributed by atoms with E-state index in [1.54, 1.807) is 19.2 Å². The molecule has 2 fully saturated rings. The average Bonchev–Trinajstić information content (AvgIpc) is 3.18. The number of amides is 1. The average molecular weight is 356 g/mol. The summed E-state index contributed by atoms with van der Waals surface area (Å²) < 4.78 is 1.50. The number of hydrogen-bond acceptors (Lipinski definition) is 5. The largest absolute Gasteiger partial charge is 0.465 e. The molecule has 0 aliphatic carbocycles. The molecule has 2 aromatic rings. The first kappa shape index (κ1) is 16.6. The lowest BCUT2D eigenvalue weighted by Crippen LogP contribution is -2.49. The molecule has 0 saturated carbocycles. The number of ketones is 1. The molecule has 2 atom stereocenters. The smallest absolute Gasteiger partial charge is 0.407 e. The van der Waals surface area contributed by atoms with Gasteiger partial charge in [0.2, 0.25) is 5.95 Å². The zero-order valence-corrected chi connectivity index (χ0v) is 14.9. The van der Waals surface area contributed by atoms with Gasteiger partial charge in [-0.15, -0.1) is 0 Å². The van der Waals surface area contributed by atoms with Crippen LogP contribution in [-0.2, 0) is 7.05 Å². The third-order valence-corrected chi connectivity index (χ3v) is 5.42. The maximum Gasteiger partial charge on any atom is 0.407 e. The van der Waals surface area contributed by atoms with Gasteiger partial charge in [0.05, 0.1) is 23.0 Å². The van der Waals surface area contributed by atoms with Crippen molar-refractivity contribution in [1.29, 1.82) is 0 Å². The minimum atomic E-state index is -0.910. The maximum absolute atomic E-state index is 12.9. The van der Waals surface area contributed by atoms with Crippen LogP contribution in [0.3, 0.4) is 0 Å². The molecule has 2 unspecified atom stereocenters. The summed E-state index contributed by atoms with van der Waals surface area (Å²) >= 11 is 0. The Labute approximate surface area is 149 Å². The monoisotopic (exact) mass is 356 g/mol. The third kappa shape index (κ3) is 2.28. The highest BCUT2D eigenvalue weighted by atomic mass is 16.4. The van der Waals surface area contributed by atoms with E-state index in [0.717, 1.165) is 12.0 Å². The molecule has 1 N–H and O–H groups in total. The highest BCUT2D eigenvalue weighted by Crippen LogP contribution is 2.34. The fourth-order valence-electron chi connectivity index (χ4n) is 4.18. The summed E-state index contributed by atoms with van der Waals surface area (Å²) in [5.74, 6) is 0.358. The van der Waals surface area contributed by atoms with E-state index in [1.807, 2.05) is 11.8 Å². The van der Waals surface area contributed by atoms with Crippen LogP contribution in [0.5, 0.6) is 0 Å². The van der Waals surface area contributed by atoms with Crippen molar-refractivity contribution in [2.24, 2.45) is 7.05 Å². The van der Waals surface area contributed by atoms with Crippen molar-refractivity contribution in [2.45, 2.75) is 32.4 Å². The van der Waals surface area contributed by atoms with Gasteiger partial charge in [0, 0.05) is 25.7 Å². The molecule has 0 spiro atoms. The lowest BCUT2D eigenvalue weighted by atomic mass is 10.0. The Morgan fingerprint density at radius 3 is 2.54 bits per heavy atom. The molecule has 8 heteroatoms. The summed E-state index contributed by atoms with van der Waals surface area (Å²) in [6, 6.07) is 3.42. The first-order chi connectivity index (χ1) is 12.3. The van der Waals surface area contributed by atoms with Crippen LogP contribution >= 0.6 is 0 Å². The fraction of sp³-hybridized carbons (Fsp3) is 0.444. The normalized spacial score (nSPS) is 21.7. The van der Waals surface area contributed by atoms with E-state index in [0.29, 0.717) is 35.5 Å². The molecule has 2 bridgehead atoms. The predicted molar refractivity (Wildman–Crippen MR) is 96.0 cm³/mol. The van der Waals surface area contributed by atoms with Crippen molar-refractivity contribution in [1.82, 2.24) is 14.5 Å². The Bertz CT molecular complexity index is 1010. The maximum atomic E-state index is 12.9. The molecular weight excluding hydrogens is 336 g/mol. The van der Waals surface area contributed by atoms with E-state index in [4.69, 9.17) is 0 Å². The molecule has 1 aromatic heterocycles. The summed E-state index contributed by atoms with van der Waals surface area (Å²) in [4.78, 5) is 44.3. The van der Waals surface area contributed by atoms with Crippen LogP contribution in [0.2, 0.25) is 0 Å². The number of carboxylic acid groups (broad SMARTS) is 1. The van der Waals surface area contributed by atoms with Gasteiger partial charge < -0.3 is 14.9 Å². The number of Topliss-reactive ketones (excluding diaryl/α,β-unsaturated/α-hetero) is 1. The molecule has 0 radical (unpaired) electrons. The second-order valence-corrected chi connectivity index (χ2v) is 7.17.